The summed E-state index contributed by atoms with van der Waals surface area (Å²) in [5.74, 6) is 0.00376. The molecule has 0 unspecified atom stereocenters. The molecule has 0 aromatic heterocycles. The predicted octanol–water partition coefficient (Wildman–Crippen LogP) is 0.325. The maximum absolute atomic E-state index is 10.6. The van der Waals surface area contributed by atoms with Crippen molar-refractivity contribution in [2.24, 2.45) is 0 Å². The molecule has 0 atom stereocenters. The zero-order valence-electron chi connectivity index (χ0n) is 6.22. The number of hydrogen-bond acceptors (Lipinski definition) is 2. The second kappa shape index (κ2) is 6.29. The number of hydrogen-bond donors (Lipinski definition) is 1. The highest BCUT2D eigenvalue weighted by molar-refractivity contribution is 5.75. The van der Waals surface area contributed by atoms with Crippen LogP contribution >= 0.6 is 0 Å². The van der Waals surface area contributed by atoms with Crippen LogP contribution in [-0.4, -0.2) is 26.2 Å². The lowest BCUT2D eigenvalue weighted by atomic mass is 10.4. The fourth-order valence-corrected chi connectivity index (χ4v) is 0.457. The summed E-state index contributed by atoms with van der Waals surface area (Å²) in [7, 11) is 1.61. The fourth-order valence-electron chi connectivity index (χ4n) is 0.457. The van der Waals surface area contributed by atoms with Crippen LogP contribution in [0.15, 0.2) is 12.7 Å². The molecule has 0 radical (unpaired) electrons. The van der Waals surface area contributed by atoms with Gasteiger partial charge in [-0.1, -0.05) is 6.08 Å². The van der Waals surface area contributed by atoms with Crippen molar-refractivity contribution < 1.29 is 9.53 Å². The van der Waals surface area contributed by atoms with E-state index in [2.05, 4.69) is 11.9 Å². The molecule has 1 amide bonds. The quantitative estimate of drug-likeness (QED) is 0.445. The number of amides is 1. The van der Waals surface area contributed by atoms with E-state index in [9.17, 15) is 4.79 Å². The molecule has 10 heavy (non-hydrogen) atoms. The van der Waals surface area contributed by atoms with Gasteiger partial charge in [0.1, 0.15) is 0 Å². The van der Waals surface area contributed by atoms with Crippen molar-refractivity contribution in [3.05, 3.63) is 12.7 Å². The third-order valence-corrected chi connectivity index (χ3v) is 0.988. The van der Waals surface area contributed by atoms with Crippen molar-refractivity contribution in [3.63, 3.8) is 0 Å². The number of ether oxygens (including phenoxy) is 1. The van der Waals surface area contributed by atoms with Crippen molar-refractivity contribution in [2.45, 2.75) is 6.42 Å². The first-order valence-electron chi connectivity index (χ1n) is 3.20. The lowest BCUT2D eigenvalue weighted by Gasteiger charge is -1.98. The summed E-state index contributed by atoms with van der Waals surface area (Å²) >= 11 is 0. The molecule has 58 valence electrons. The first-order chi connectivity index (χ1) is 4.81. The Labute approximate surface area is 61.1 Å². The number of nitrogens with one attached hydrogen (secondary N) is 1. The van der Waals surface area contributed by atoms with Gasteiger partial charge in [-0.25, -0.2) is 0 Å². The van der Waals surface area contributed by atoms with Crippen LogP contribution in [0.3, 0.4) is 0 Å². The van der Waals surface area contributed by atoms with Gasteiger partial charge in [-0.2, -0.15) is 0 Å². The third kappa shape index (κ3) is 5.31. The molecule has 3 heteroatoms. The molecule has 0 bridgehead atoms. The van der Waals surface area contributed by atoms with E-state index in [-0.39, 0.29) is 5.91 Å². The lowest BCUT2D eigenvalue weighted by Crippen LogP contribution is -2.19. The molecule has 0 aromatic carbocycles. The van der Waals surface area contributed by atoms with Crippen LogP contribution < -0.4 is 5.32 Å². The average molecular weight is 143 g/mol. The summed E-state index contributed by atoms with van der Waals surface area (Å²) in [6.45, 7) is 4.45. The van der Waals surface area contributed by atoms with Crippen LogP contribution in [0.1, 0.15) is 6.42 Å². The van der Waals surface area contributed by atoms with E-state index < -0.39 is 0 Å². The van der Waals surface area contributed by atoms with Crippen molar-refractivity contribution in [3.8, 4) is 0 Å². The maximum atomic E-state index is 10.6. The molecular weight excluding hydrogens is 130 g/mol. The minimum absolute atomic E-state index is 0.00376. The molecule has 0 spiro atoms. The summed E-state index contributed by atoms with van der Waals surface area (Å²) in [5.41, 5.74) is 0. The van der Waals surface area contributed by atoms with Crippen LogP contribution in [0.4, 0.5) is 0 Å². The SMILES string of the molecule is C=CCOCCC(=O)NC. The van der Waals surface area contributed by atoms with E-state index in [4.69, 9.17) is 4.74 Å². The molecule has 0 aliphatic heterocycles. The van der Waals surface area contributed by atoms with E-state index in [1.165, 1.54) is 0 Å². The maximum Gasteiger partial charge on any atom is 0.222 e. The van der Waals surface area contributed by atoms with Gasteiger partial charge in [-0.05, 0) is 0 Å². The Morgan fingerprint density at radius 3 is 3.00 bits per heavy atom. The minimum Gasteiger partial charge on any atom is -0.377 e. The summed E-state index contributed by atoms with van der Waals surface area (Å²) in [6, 6.07) is 0. The van der Waals surface area contributed by atoms with Gasteiger partial charge in [-0.3, -0.25) is 4.79 Å². The molecule has 1 N–H and O–H groups in total. The summed E-state index contributed by atoms with van der Waals surface area (Å²) in [6.07, 6.45) is 2.08. The highest BCUT2D eigenvalue weighted by Gasteiger charge is 1.94. The Morgan fingerprint density at radius 1 is 1.80 bits per heavy atom. The first kappa shape index (κ1) is 9.17. The van der Waals surface area contributed by atoms with Crippen LogP contribution in [0.5, 0.6) is 0 Å². The van der Waals surface area contributed by atoms with E-state index in [0.717, 1.165) is 0 Å². The van der Waals surface area contributed by atoms with E-state index in [0.29, 0.717) is 19.6 Å². The van der Waals surface area contributed by atoms with Crippen molar-refractivity contribution in [1.29, 1.82) is 0 Å². The first-order valence-corrected chi connectivity index (χ1v) is 3.20. The molecule has 3 nitrogen and oxygen atoms in total. The highest BCUT2D eigenvalue weighted by atomic mass is 16.5. The van der Waals surface area contributed by atoms with Gasteiger partial charge in [-0.15, -0.1) is 6.58 Å². The minimum atomic E-state index is 0.00376. The van der Waals surface area contributed by atoms with E-state index >= 15 is 0 Å². The standard InChI is InChI=1S/C7H13NO2/c1-3-5-10-6-4-7(9)8-2/h3H,1,4-6H2,2H3,(H,8,9). The van der Waals surface area contributed by atoms with Gasteiger partial charge in [0.25, 0.3) is 0 Å². The molecule has 0 aromatic rings. The Balaban J connectivity index is 3.03. The number of rotatable bonds is 5. The van der Waals surface area contributed by atoms with E-state index in [1.54, 1.807) is 13.1 Å². The second-order valence-corrected chi connectivity index (χ2v) is 1.79. The normalized spacial score (nSPS) is 8.90. The van der Waals surface area contributed by atoms with Crippen LogP contribution in [0.25, 0.3) is 0 Å². The Morgan fingerprint density at radius 2 is 2.50 bits per heavy atom. The number of carbonyl (C=O) groups is 1. The molecular formula is C7H13NO2. The van der Waals surface area contributed by atoms with Crippen molar-refractivity contribution in [2.75, 3.05) is 20.3 Å². The Bertz CT molecular complexity index is 112. The largest absolute Gasteiger partial charge is 0.377 e. The molecule has 0 aliphatic rings. The lowest BCUT2D eigenvalue weighted by molar-refractivity contribution is -0.121. The van der Waals surface area contributed by atoms with Gasteiger partial charge in [0.05, 0.1) is 13.2 Å². The average Bonchev–Trinajstić information content (AvgIpc) is 1.98. The zero-order valence-corrected chi connectivity index (χ0v) is 6.22. The smallest absolute Gasteiger partial charge is 0.222 e. The fraction of sp³-hybridized carbons (Fsp3) is 0.571. The summed E-state index contributed by atoms with van der Waals surface area (Å²) in [4.78, 5) is 10.6. The Hall–Kier alpha value is -0.830. The molecule has 0 fully saturated rings. The number of carbonyl (C=O) groups excluding carboxylic acids is 1. The monoisotopic (exact) mass is 143 g/mol. The van der Waals surface area contributed by atoms with Gasteiger partial charge < -0.3 is 10.1 Å². The van der Waals surface area contributed by atoms with Crippen molar-refractivity contribution >= 4 is 5.91 Å². The zero-order chi connectivity index (χ0) is 7.82. The molecule has 0 aliphatic carbocycles. The highest BCUT2D eigenvalue weighted by Crippen LogP contribution is 1.81. The Kier molecular flexibility index (Phi) is 5.77. The third-order valence-electron chi connectivity index (χ3n) is 0.988. The van der Waals surface area contributed by atoms with E-state index in [1.807, 2.05) is 0 Å². The topological polar surface area (TPSA) is 38.3 Å². The predicted molar refractivity (Wildman–Crippen MR) is 39.7 cm³/mol. The van der Waals surface area contributed by atoms with Gasteiger partial charge in [0.2, 0.25) is 5.91 Å². The van der Waals surface area contributed by atoms with Gasteiger partial charge in [0, 0.05) is 13.5 Å². The van der Waals surface area contributed by atoms with Gasteiger partial charge in [0.15, 0.2) is 0 Å². The van der Waals surface area contributed by atoms with Crippen LogP contribution in [0.2, 0.25) is 0 Å². The molecule has 0 rings (SSSR count). The van der Waals surface area contributed by atoms with Crippen LogP contribution in [-0.2, 0) is 9.53 Å². The molecule has 0 saturated heterocycles. The van der Waals surface area contributed by atoms with Crippen LogP contribution in [0, 0.1) is 0 Å². The van der Waals surface area contributed by atoms with Crippen molar-refractivity contribution in [1.82, 2.24) is 5.32 Å². The van der Waals surface area contributed by atoms with Gasteiger partial charge >= 0.3 is 0 Å². The summed E-state index contributed by atoms with van der Waals surface area (Å²) in [5, 5.41) is 2.50. The molecule has 0 saturated carbocycles. The summed E-state index contributed by atoms with van der Waals surface area (Å²) < 4.78 is 4.98. The molecule has 0 heterocycles. The second-order valence-electron chi connectivity index (χ2n) is 1.79.